The molecule has 0 spiro atoms. The predicted molar refractivity (Wildman–Crippen MR) is 154 cm³/mol. The fourth-order valence-electron chi connectivity index (χ4n) is 8.35. The summed E-state index contributed by atoms with van der Waals surface area (Å²) in [7, 11) is 0. The van der Waals surface area contributed by atoms with E-state index in [0.717, 1.165) is 49.7 Å². The smallest absolute Gasteiger partial charge is 0.244 e. The van der Waals surface area contributed by atoms with Crippen molar-refractivity contribution in [2.75, 3.05) is 0 Å². The third kappa shape index (κ3) is 6.00. The number of hydrogen-bond acceptors (Lipinski definition) is 3. The van der Waals surface area contributed by atoms with Crippen LogP contribution >= 0.6 is 0 Å². The molecular weight excluding hydrogens is 470 g/mol. The lowest BCUT2D eigenvalue weighted by atomic mass is 9.67. The molecule has 0 aromatic rings. The van der Waals surface area contributed by atoms with Crippen molar-refractivity contribution in [3.05, 3.63) is 48.1 Å². The van der Waals surface area contributed by atoms with Crippen LogP contribution in [0.15, 0.2) is 48.1 Å². The Morgan fingerprint density at radius 1 is 1.11 bits per heavy atom. The van der Waals surface area contributed by atoms with Gasteiger partial charge in [0.15, 0.2) is 0 Å². The van der Waals surface area contributed by atoms with E-state index in [1.807, 2.05) is 0 Å². The van der Waals surface area contributed by atoms with E-state index in [4.69, 9.17) is 5.73 Å². The monoisotopic (exact) mass is 519 g/mol. The molecule has 3 saturated carbocycles. The number of rotatable bonds is 14. The maximum atomic E-state index is 14.0. The van der Waals surface area contributed by atoms with Gasteiger partial charge in [-0.25, -0.2) is 0 Å². The maximum Gasteiger partial charge on any atom is 0.244 e. The van der Waals surface area contributed by atoms with E-state index in [-0.39, 0.29) is 34.9 Å². The van der Waals surface area contributed by atoms with Gasteiger partial charge in [-0.3, -0.25) is 14.4 Å². The number of fused-ring (bicyclic) bond motifs is 1. The number of nitrogens with two attached hydrogens (primary N) is 1. The number of carbonyl (C=O) groups is 3. The molecule has 6 atom stereocenters. The zero-order valence-corrected chi connectivity index (χ0v) is 24.0. The van der Waals surface area contributed by atoms with Gasteiger partial charge in [-0.15, -0.1) is 0 Å². The van der Waals surface area contributed by atoms with Crippen LogP contribution in [0.25, 0.3) is 0 Å². The van der Waals surface area contributed by atoms with Crippen molar-refractivity contribution in [3.63, 3.8) is 0 Å². The minimum Gasteiger partial charge on any atom is -0.366 e. The highest BCUT2D eigenvalue weighted by atomic mass is 16.1. The Morgan fingerprint density at radius 3 is 2.42 bits per heavy atom. The van der Waals surface area contributed by atoms with Gasteiger partial charge in [-0.1, -0.05) is 83.4 Å². The Bertz CT molecular complexity index is 1020. The summed E-state index contributed by atoms with van der Waals surface area (Å²) < 4.78 is 0. The maximum absolute atomic E-state index is 14.0. The zero-order valence-electron chi connectivity index (χ0n) is 24.0. The van der Waals surface area contributed by atoms with Gasteiger partial charge < -0.3 is 5.73 Å². The van der Waals surface area contributed by atoms with Gasteiger partial charge in [0, 0.05) is 30.8 Å². The van der Waals surface area contributed by atoms with Gasteiger partial charge in [-0.2, -0.15) is 0 Å². The summed E-state index contributed by atoms with van der Waals surface area (Å²) >= 11 is 0. The number of Topliss-reactive ketones (excluding diaryl/α,β-unsaturated/α-hetero) is 2. The number of primary amides is 1. The van der Waals surface area contributed by atoms with Gasteiger partial charge in [0.05, 0.1) is 0 Å². The molecule has 0 aromatic heterocycles. The van der Waals surface area contributed by atoms with Crippen LogP contribution in [0.3, 0.4) is 0 Å². The number of amides is 1. The van der Waals surface area contributed by atoms with Crippen molar-refractivity contribution >= 4 is 17.5 Å². The van der Waals surface area contributed by atoms with Gasteiger partial charge in [-0.05, 0) is 78.6 Å². The first-order valence-corrected chi connectivity index (χ1v) is 15.1. The topological polar surface area (TPSA) is 77.2 Å². The highest BCUT2D eigenvalue weighted by molar-refractivity contribution is 5.93. The summed E-state index contributed by atoms with van der Waals surface area (Å²) in [5.41, 5.74) is 8.40. The third-order valence-corrected chi connectivity index (χ3v) is 10.6. The second-order valence-corrected chi connectivity index (χ2v) is 13.3. The fourth-order valence-corrected chi connectivity index (χ4v) is 8.35. The van der Waals surface area contributed by atoms with Gasteiger partial charge in [0.1, 0.15) is 11.6 Å². The van der Waals surface area contributed by atoms with Crippen molar-refractivity contribution in [3.8, 4) is 0 Å². The van der Waals surface area contributed by atoms with E-state index in [2.05, 4.69) is 52.2 Å². The second-order valence-electron chi connectivity index (χ2n) is 13.3. The van der Waals surface area contributed by atoms with Gasteiger partial charge >= 0.3 is 0 Å². The molecule has 208 valence electrons. The van der Waals surface area contributed by atoms with Crippen LogP contribution in [0, 0.1) is 46.8 Å². The second kappa shape index (κ2) is 11.9. The van der Waals surface area contributed by atoms with Crippen LogP contribution in [0.2, 0.25) is 0 Å². The summed E-state index contributed by atoms with van der Waals surface area (Å²) in [6.07, 6.45) is 17.3. The zero-order chi connectivity index (χ0) is 27.6. The van der Waals surface area contributed by atoms with E-state index in [1.165, 1.54) is 19.3 Å². The Morgan fingerprint density at radius 2 is 1.82 bits per heavy atom. The minimum atomic E-state index is -0.503. The quantitative estimate of drug-likeness (QED) is 0.193. The summed E-state index contributed by atoms with van der Waals surface area (Å²) in [4.78, 5) is 39.2. The molecule has 0 saturated heterocycles. The van der Waals surface area contributed by atoms with Crippen LogP contribution in [-0.4, -0.2) is 17.5 Å². The molecule has 3 fully saturated rings. The molecule has 0 radical (unpaired) electrons. The molecule has 4 aliphatic carbocycles. The Kier molecular flexibility index (Phi) is 9.00. The fraction of sp³-hybridized carbons (Fsp3) is 0.676. The summed E-state index contributed by atoms with van der Waals surface area (Å²) in [6.45, 7) is 15.3. The number of allylic oxidation sites excluding steroid dienone is 5. The molecule has 0 aromatic carbocycles. The SMILES string of the molecule is C=C(C(N)=O)C(CCC)CC(=O)C1C(C(=C)C(CC(=O)CC2=CCC=C2)C2CCCCC2)CC2C1C2(C)C. The Labute approximate surface area is 230 Å². The first kappa shape index (κ1) is 28.8. The standard InChI is InChI=1S/C34H49NO3/c1-6-12-25(21(2)33(35)38)18-30(37)31-28(20-29-32(31)34(29,4)5)22(3)27(24-15-8-7-9-16-24)19-26(36)17-23-13-10-11-14-23/h10,13-14,24-25,27-29,31-32H,2-3,6-9,11-12,15-20H2,1,4-5H3,(H2,35,38). The average molecular weight is 520 g/mol. The van der Waals surface area contributed by atoms with E-state index in [1.54, 1.807) is 0 Å². The third-order valence-electron chi connectivity index (χ3n) is 10.6. The van der Waals surface area contributed by atoms with Crippen LogP contribution < -0.4 is 5.73 Å². The number of hydrogen-bond donors (Lipinski definition) is 1. The first-order valence-electron chi connectivity index (χ1n) is 15.1. The van der Waals surface area contributed by atoms with Crippen LogP contribution in [-0.2, 0) is 14.4 Å². The lowest BCUT2D eigenvalue weighted by molar-refractivity contribution is -0.125. The number of carbonyl (C=O) groups excluding carboxylic acids is 3. The van der Waals surface area contributed by atoms with Crippen LogP contribution in [0.4, 0.5) is 0 Å². The molecular formula is C34H49NO3. The largest absolute Gasteiger partial charge is 0.366 e. The van der Waals surface area contributed by atoms with Crippen molar-refractivity contribution in [1.29, 1.82) is 0 Å². The normalized spacial score (nSPS) is 29.3. The molecule has 1 amide bonds. The van der Waals surface area contributed by atoms with Crippen molar-refractivity contribution in [2.24, 2.45) is 52.6 Å². The summed E-state index contributed by atoms with van der Waals surface area (Å²) in [5.74, 6) is 1.41. The van der Waals surface area contributed by atoms with E-state index >= 15 is 0 Å². The first-order chi connectivity index (χ1) is 18.1. The summed E-state index contributed by atoms with van der Waals surface area (Å²) in [5, 5.41) is 0. The molecule has 4 aliphatic rings. The highest BCUT2D eigenvalue weighted by Gasteiger charge is 2.68. The van der Waals surface area contributed by atoms with Gasteiger partial charge in [0.25, 0.3) is 0 Å². The highest BCUT2D eigenvalue weighted by Crippen LogP contribution is 2.72. The minimum absolute atomic E-state index is 0.0794. The lowest BCUT2D eigenvalue weighted by Gasteiger charge is -2.37. The van der Waals surface area contributed by atoms with Crippen LogP contribution in [0.1, 0.15) is 97.8 Å². The molecule has 4 heteroatoms. The number of ketones is 2. The van der Waals surface area contributed by atoms with Crippen molar-refractivity contribution in [1.82, 2.24) is 0 Å². The molecule has 0 aliphatic heterocycles. The van der Waals surface area contributed by atoms with E-state index < -0.39 is 5.91 Å². The average Bonchev–Trinajstić information content (AvgIpc) is 3.32. The Balaban J connectivity index is 1.55. The van der Waals surface area contributed by atoms with Crippen molar-refractivity contribution < 1.29 is 14.4 Å². The van der Waals surface area contributed by atoms with Gasteiger partial charge in [0.2, 0.25) is 5.91 Å². The molecule has 6 unspecified atom stereocenters. The van der Waals surface area contributed by atoms with Crippen LogP contribution in [0.5, 0.6) is 0 Å². The van der Waals surface area contributed by atoms with E-state index in [0.29, 0.717) is 48.4 Å². The molecule has 2 N–H and O–H groups in total. The molecule has 0 heterocycles. The lowest BCUT2D eigenvalue weighted by Crippen LogP contribution is -2.33. The Hall–Kier alpha value is -2.23. The van der Waals surface area contributed by atoms with Crippen molar-refractivity contribution in [2.45, 2.75) is 97.8 Å². The molecule has 4 nitrogen and oxygen atoms in total. The molecule has 4 rings (SSSR count). The molecule has 0 bridgehead atoms. The predicted octanol–water partition coefficient (Wildman–Crippen LogP) is 7.30. The van der Waals surface area contributed by atoms with E-state index in [9.17, 15) is 14.4 Å². The summed E-state index contributed by atoms with van der Waals surface area (Å²) in [6, 6.07) is 0. The molecule has 38 heavy (non-hydrogen) atoms.